The summed E-state index contributed by atoms with van der Waals surface area (Å²) in [5.41, 5.74) is 7.59. The molecule has 0 aliphatic carbocycles. The Balaban J connectivity index is 1.59. The zero-order valence-electron chi connectivity index (χ0n) is 15.3. The molecule has 0 bridgehead atoms. The zero-order valence-corrected chi connectivity index (χ0v) is 15.3. The lowest BCUT2D eigenvalue weighted by atomic mass is 10.1. The summed E-state index contributed by atoms with van der Waals surface area (Å²) in [5.74, 6) is 1.63. The highest BCUT2D eigenvalue weighted by Crippen LogP contribution is 2.15. The van der Waals surface area contributed by atoms with Crippen LogP contribution in [0.15, 0.2) is 58.8 Å². The summed E-state index contributed by atoms with van der Waals surface area (Å²) < 4.78 is 11.4. The topological polar surface area (TPSA) is 110 Å². The van der Waals surface area contributed by atoms with Crippen molar-refractivity contribution in [2.24, 2.45) is 16.0 Å². The van der Waals surface area contributed by atoms with Gasteiger partial charge in [0.2, 0.25) is 0 Å². The van der Waals surface area contributed by atoms with E-state index in [2.05, 4.69) is 10.3 Å². The molecule has 2 aromatic rings. The van der Waals surface area contributed by atoms with Crippen molar-refractivity contribution in [3.05, 3.63) is 59.7 Å². The number of nitrogens with two attached hydrogens (primary N) is 1. The van der Waals surface area contributed by atoms with Crippen LogP contribution in [0, 0.1) is 0 Å². The molecule has 0 saturated heterocycles. The fourth-order valence-corrected chi connectivity index (χ4v) is 2.39. The van der Waals surface area contributed by atoms with Crippen molar-refractivity contribution in [2.75, 3.05) is 13.2 Å². The standard InChI is InChI=1S/C20H25N3O4/c1-15(22-24)16-5-9-18(10-6-16)26-13-3-2-4-14-27-19-11-7-17(8-12-19)20(21)23-25/h5-12,24-25H,2-4,13-14H2,1H3,(H2,21,23)/b22-15+. The van der Waals surface area contributed by atoms with Crippen LogP contribution in [-0.4, -0.2) is 35.2 Å². The van der Waals surface area contributed by atoms with Gasteiger partial charge in [-0.2, -0.15) is 0 Å². The molecule has 0 atom stereocenters. The van der Waals surface area contributed by atoms with Crippen LogP contribution in [0.1, 0.15) is 37.3 Å². The Morgan fingerprint density at radius 1 is 0.778 bits per heavy atom. The second-order valence-electron chi connectivity index (χ2n) is 5.98. The maximum Gasteiger partial charge on any atom is 0.170 e. The molecule has 2 aromatic carbocycles. The van der Waals surface area contributed by atoms with Gasteiger partial charge in [0, 0.05) is 5.56 Å². The normalized spacial score (nSPS) is 12.0. The third-order valence-electron chi connectivity index (χ3n) is 4.01. The van der Waals surface area contributed by atoms with Gasteiger partial charge in [0.05, 0.1) is 18.9 Å². The van der Waals surface area contributed by atoms with Crippen molar-refractivity contribution in [3.8, 4) is 11.5 Å². The summed E-state index contributed by atoms with van der Waals surface area (Å²) in [5, 5.41) is 23.5. The third-order valence-corrected chi connectivity index (χ3v) is 4.01. The third kappa shape index (κ3) is 6.54. The largest absolute Gasteiger partial charge is 0.494 e. The van der Waals surface area contributed by atoms with E-state index < -0.39 is 0 Å². The van der Waals surface area contributed by atoms with Crippen LogP contribution in [0.5, 0.6) is 11.5 Å². The Bertz CT molecular complexity index is 690. The minimum Gasteiger partial charge on any atom is -0.494 e. The lowest BCUT2D eigenvalue weighted by molar-refractivity contribution is 0.279. The Morgan fingerprint density at radius 2 is 1.26 bits per heavy atom. The average molecular weight is 371 g/mol. The number of amidine groups is 1. The van der Waals surface area contributed by atoms with E-state index in [4.69, 9.17) is 25.6 Å². The Kier molecular flexibility index (Phi) is 7.96. The molecule has 0 heterocycles. The Hall–Kier alpha value is -3.22. The molecule has 0 aromatic heterocycles. The van der Waals surface area contributed by atoms with Crippen molar-refractivity contribution in [1.82, 2.24) is 0 Å². The van der Waals surface area contributed by atoms with Crippen LogP contribution < -0.4 is 15.2 Å². The van der Waals surface area contributed by atoms with Gasteiger partial charge < -0.3 is 25.6 Å². The molecule has 7 nitrogen and oxygen atoms in total. The van der Waals surface area contributed by atoms with Gasteiger partial charge in [-0.1, -0.05) is 10.3 Å². The van der Waals surface area contributed by atoms with Crippen LogP contribution >= 0.6 is 0 Å². The fourth-order valence-electron chi connectivity index (χ4n) is 2.39. The van der Waals surface area contributed by atoms with Crippen molar-refractivity contribution < 1.29 is 19.9 Å². The Morgan fingerprint density at radius 3 is 1.70 bits per heavy atom. The molecule has 144 valence electrons. The van der Waals surface area contributed by atoms with Crippen molar-refractivity contribution in [1.29, 1.82) is 0 Å². The number of rotatable bonds is 10. The second-order valence-corrected chi connectivity index (χ2v) is 5.98. The molecule has 0 fully saturated rings. The SMILES string of the molecule is C/C(=N\O)c1ccc(OCCCCCOc2ccc(/C(N)=N\O)cc2)cc1. The number of hydrogen-bond acceptors (Lipinski definition) is 6. The van der Waals surface area contributed by atoms with E-state index in [1.807, 2.05) is 24.3 Å². The van der Waals surface area contributed by atoms with Gasteiger partial charge in [0.25, 0.3) is 0 Å². The number of ether oxygens (including phenoxy) is 2. The quantitative estimate of drug-likeness (QED) is 0.194. The first-order chi connectivity index (χ1) is 13.1. The summed E-state index contributed by atoms with van der Waals surface area (Å²) in [6.07, 6.45) is 2.86. The highest BCUT2D eigenvalue weighted by atomic mass is 16.5. The number of nitrogens with zero attached hydrogens (tertiary/aromatic N) is 2. The number of unbranched alkanes of at least 4 members (excludes halogenated alkanes) is 2. The molecule has 0 saturated carbocycles. The van der Waals surface area contributed by atoms with Crippen LogP contribution in [0.2, 0.25) is 0 Å². The molecule has 0 amide bonds. The van der Waals surface area contributed by atoms with E-state index in [-0.39, 0.29) is 5.84 Å². The van der Waals surface area contributed by atoms with Crippen LogP contribution in [0.4, 0.5) is 0 Å². The average Bonchev–Trinajstić information content (AvgIpc) is 2.72. The number of hydrogen-bond donors (Lipinski definition) is 3. The molecular weight excluding hydrogens is 346 g/mol. The van der Waals surface area contributed by atoms with Crippen molar-refractivity contribution in [3.63, 3.8) is 0 Å². The smallest absolute Gasteiger partial charge is 0.170 e. The molecule has 0 radical (unpaired) electrons. The first kappa shape index (κ1) is 20.1. The monoisotopic (exact) mass is 371 g/mol. The fraction of sp³-hybridized carbons (Fsp3) is 0.300. The van der Waals surface area contributed by atoms with E-state index in [9.17, 15) is 0 Å². The molecule has 2 rings (SSSR count). The molecule has 0 spiro atoms. The van der Waals surface area contributed by atoms with Gasteiger partial charge in [-0.05, 0) is 80.3 Å². The van der Waals surface area contributed by atoms with E-state index in [1.54, 1.807) is 31.2 Å². The molecule has 0 unspecified atom stereocenters. The van der Waals surface area contributed by atoms with E-state index >= 15 is 0 Å². The molecule has 7 heteroatoms. The first-order valence-corrected chi connectivity index (χ1v) is 8.76. The summed E-state index contributed by atoms with van der Waals surface area (Å²) in [7, 11) is 0. The van der Waals surface area contributed by atoms with E-state index in [0.717, 1.165) is 36.3 Å². The zero-order chi connectivity index (χ0) is 19.5. The number of benzene rings is 2. The van der Waals surface area contributed by atoms with Crippen molar-refractivity contribution in [2.45, 2.75) is 26.2 Å². The minimum absolute atomic E-state index is 0.0767. The minimum atomic E-state index is 0.0767. The summed E-state index contributed by atoms with van der Waals surface area (Å²) in [6, 6.07) is 14.5. The molecule has 4 N–H and O–H groups in total. The van der Waals surface area contributed by atoms with E-state index in [1.165, 1.54) is 0 Å². The van der Waals surface area contributed by atoms with Gasteiger partial charge in [-0.25, -0.2) is 0 Å². The van der Waals surface area contributed by atoms with Gasteiger partial charge in [0.1, 0.15) is 11.5 Å². The molecular formula is C20H25N3O4. The first-order valence-electron chi connectivity index (χ1n) is 8.76. The van der Waals surface area contributed by atoms with Crippen LogP contribution in [0.25, 0.3) is 0 Å². The highest BCUT2D eigenvalue weighted by Gasteiger charge is 2.01. The lowest BCUT2D eigenvalue weighted by Gasteiger charge is -2.08. The maximum atomic E-state index is 8.75. The second kappa shape index (κ2) is 10.7. The Labute approximate surface area is 158 Å². The highest BCUT2D eigenvalue weighted by molar-refractivity contribution is 5.98. The van der Waals surface area contributed by atoms with Gasteiger partial charge >= 0.3 is 0 Å². The number of oxime groups is 2. The predicted molar refractivity (Wildman–Crippen MR) is 104 cm³/mol. The molecule has 27 heavy (non-hydrogen) atoms. The van der Waals surface area contributed by atoms with Crippen LogP contribution in [0.3, 0.4) is 0 Å². The molecule has 0 aliphatic rings. The van der Waals surface area contributed by atoms with Gasteiger partial charge in [-0.3, -0.25) is 0 Å². The van der Waals surface area contributed by atoms with E-state index in [0.29, 0.717) is 24.5 Å². The maximum absolute atomic E-state index is 8.75. The molecule has 0 aliphatic heterocycles. The summed E-state index contributed by atoms with van der Waals surface area (Å²) >= 11 is 0. The van der Waals surface area contributed by atoms with Crippen LogP contribution in [-0.2, 0) is 0 Å². The lowest BCUT2D eigenvalue weighted by Crippen LogP contribution is -2.12. The summed E-state index contributed by atoms with van der Waals surface area (Å²) in [4.78, 5) is 0. The summed E-state index contributed by atoms with van der Waals surface area (Å²) in [6.45, 7) is 3.00. The van der Waals surface area contributed by atoms with Gasteiger partial charge in [-0.15, -0.1) is 0 Å². The van der Waals surface area contributed by atoms with Gasteiger partial charge in [0.15, 0.2) is 5.84 Å². The van der Waals surface area contributed by atoms with Crippen molar-refractivity contribution >= 4 is 11.5 Å². The predicted octanol–water partition coefficient (Wildman–Crippen LogP) is 3.61.